The van der Waals surface area contributed by atoms with Crippen LogP contribution in [0, 0.1) is 0 Å². The van der Waals surface area contributed by atoms with Crippen molar-refractivity contribution < 1.29 is 13.2 Å². The van der Waals surface area contributed by atoms with Crippen molar-refractivity contribution in [1.82, 2.24) is 28.2 Å². The smallest absolute Gasteiger partial charge is 0.309 e. The Balaban J connectivity index is 0.944. The van der Waals surface area contributed by atoms with E-state index in [1.165, 1.54) is 22.9 Å². The first-order chi connectivity index (χ1) is 42.3. The summed E-state index contributed by atoms with van der Waals surface area (Å²) in [7, 11) is 0. The minimum atomic E-state index is -4.65. The maximum atomic E-state index is 15.5. The van der Waals surface area contributed by atoms with Gasteiger partial charge in [0.2, 0.25) is 0 Å². The molecule has 406 valence electrons. The van der Waals surface area contributed by atoms with Gasteiger partial charge in [-0.25, -0.2) is 9.97 Å². The summed E-state index contributed by atoms with van der Waals surface area (Å²) in [6.07, 6.45) is -4.65. The summed E-state index contributed by atoms with van der Waals surface area (Å²) in [5.74, 6) is 0.569. The standard InChI is InChI=1S/C77H47F3N6/c78-77(79,80)51-36-40-61(75(44-51)86-71-34-18-12-28-59(71)63-46-53(38-42-73(63)86)84-68-31-15-9-25-56(68)57-26-10-16-32-69(57)84)60-39-35-50(65-47-64(48-19-3-1-4-20-48)81-76(82-65)49-21-5-2-6-22-49)43-74(60)85-70-33-17-11-27-58(70)62-45-52(37-41-72(62)85)83-66-29-13-7-23-54(66)55-24-8-14-30-67(55)83/h1-47H. The zero-order valence-corrected chi connectivity index (χ0v) is 46.0. The monoisotopic (exact) mass is 1110 g/mol. The molecule has 6 nitrogen and oxygen atoms in total. The quantitative estimate of drug-likeness (QED) is 0.152. The Morgan fingerprint density at radius 1 is 0.256 bits per heavy atom. The molecule has 17 rings (SSSR count). The second-order valence-corrected chi connectivity index (χ2v) is 22.0. The van der Waals surface area contributed by atoms with Crippen molar-refractivity contribution in [2.45, 2.75) is 6.18 Å². The molecule has 0 aliphatic rings. The minimum Gasteiger partial charge on any atom is -0.309 e. The van der Waals surface area contributed by atoms with Crippen LogP contribution in [0.25, 0.3) is 155 Å². The normalized spacial score (nSPS) is 12.1. The fourth-order valence-electron chi connectivity index (χ4n) is 13.4. The topological polar surface area (TPSA) is 45.5 Å². The van der Waals surface area contributed by atoms with Gasteiger partial charge < -0.3 is 18.3 Å². The Hall–Kier alpha value is -11.3. The van der Waals surface area contributed by atoms with Gasteiger partial charge in [0.25, 0.3) is 0 Å². The molecule has 0 unspecified atom stereocenters. The van der Waals surface area contributed by atoms with Crippen LogP contribution in [-0.4, -0.2) is 28.2 Å². The van der Waals surface area contributed by atoms with E-state index in [-0.39, 0.29) is 0 Å². The summed E-state index contributed by atoms with van der Waals surface area (Å²) in [6, 6.07) is 95.8. The number of rotatable bonds is 8. The predicted molar refractivity (Wildman–Crippen MR) is 346 cm³/mol. The number of benzene rings is 12. The molecule has 0 bridgehead atoms. The average Bonchev–Trinajstić information content (AvgIpc) is 1.89. The largest absolute Gasteiger partial charge is 0.416 e. The summed E-state index contributed by atoms with van der Waals surface area (Å²) in [5.41, 5.74) is 15.5. The maximum Gasteiger partial charge on any atom is 0.416 e. The van der Waals surface area contributed by atoms with Crippen LogP contribution in [-0.2, 0) is 6.18 Å². The first-order valence-electron chi connectivity index (χ1n) is 28.7. The van der Waals surface area contributed by atoms with Crippen molar-refractivity contribution >= 4 is 87.2 Å². The number of hydrogen-bond acceptors (Lipinski definition) is 2. The van der Waals surface area contributed by atoms with Crippen molar-refractivity contribution in [1.29, 1.82) is 0 Å². The second-order valence-electron chi connectivity index (χ2n) is 22.0. The summed E-state index contributed by atoms with van der Waals surface area (Å²) < 4.78 is 55.5. The zero-order chi connectivity index (χ0) is 57.2. The third-order valence-electron chi connectivity index (χ3n) is 17.2. The van der Waals surface area contributed by atoms with Crippen molar-refractivity contribution in [3.63, 3.8) is 0 Å². The lowest BCUT2D eigenvalue weighted by Crippen LogP contribution is -2.08. The van der Waals surface area contributed by atoms with Crippen LogP contribution in [0.5, 0.6) is 0 Å². The molecule has 86 heavy (non-hydrogen) atoms. The van der Waals surface area contributed by atoms with Crippen LogP contribution in [0.15, 0.2) is 285 Å². The van der Waals surface area contributed by atoms with Crippen LogP contribution < -0.4 is 0 Å². The lowest BCUT2D eigenvalue weighted by atomic mass is 9.96. The van der Waals surface area contributed by atoms with Gasteiger partial charge in [-0.1, -0.05) is 188 Å². The number of para-hydroxylation sites is 6. The molecule has 9 heteroatoms. The van der Waals surface area contributed by atoms with E-state index in [1.54, 1.807) is 6.07 Å². The van der Waals surface area contributed by atoms with Crippen molar-refractivity contribution in [2.24, 2.45) is 0 Å². The highest BCUT2D eigenvalue weighted by molar-refractivity contribution is 6.15. The molecule has 0 aliphatic heterocycles. The van der Waals surface area contributed by atoms with Gasteiger partial charge in [-0.05, 0) is 97.1 Å². The van der Waals surface area contributed by atoms with E-state index >= 15 is 13.2 Å². The van der Waals surface area contributed by atoms with Crippen LogP contribution in [0.3, 0.4) is 0 Å². The first kappa shape index (κ1) is 49.3. The maximum absolute atomic E-state index is 15.5. The molecule has 0 radical (unpaired) electrons. The molecule has 0 amide bonds. The molecule has 0 atom stereocenters. The predicted octanol–water partition coefficient (Wildman–Crippen LogP) is 20.6. The van der Waals surface area contributed by atoms with E-state index in [9.17, 15) is 0 Å². The Bertz CT molecular complexity index is 5430. The zero-order valence-electron chi connectivity index (χ0n) is 46.0. The third-order valence-corrected chi connectivity index (χ3v) is 17.2. The van der Waals surface area contributed by atoms with E-state index in [2.05, 4.69) is 184 Å². The van der Waals surface area contributed by atoms with Crippen LogP contribution in [0.1, 0.15) is 5.56 Å². The molecular weight excluding hydrogens is 1070 g/mol. The fourth-order valence-corrected chi connectivity index (χ4v) is 13.4. The van der Waals surface area contributed by atoms with Gasteiger partial charge in [0, 0.05) is 82.3 Å². The van der Waals surface area contributed by atoms with Crippen LogP contribution in [0.4, 0.5) is 13.2 Å². The fraction of sp³-hybridized carbons (Fsp3) is 0.0130. The number of aromatic nitrogens is 6. The van der Waals surface area contributed by atoms with Gasteiger partial charge in [0.1, 0.15) is 0 Å². The molecule has 0 aliphatic carbocycles. The second kappa shape index (κ2) is 19.1. The summed E-state index contributed by atoms with van der Waals surface area (Å²) in [5, 5.41) is 8.48. The molecule has 0 N–H and O–H groups in total. The molecule has 5 heterocycles. The lowest BCUT2D eigenvalue weighted by Gasteiger charge is -2.21. The number of fused-ring (bicyclic) bond motifs is 12. The highest BCUT2D eigenvalue weighted by atomic mass is 19.4. The molecule has 0 spiro atoms. The molecule has 5 aromatic heterocycles. The Morgan fingerprint density at radius 2 is 0.605 bits per heavy atom. The molecule has 0 fully saturated rings. The van der Waals surface area contributed by atoms with Gasteiger partial charge in [-0.15, -0.1) is 0 Å². The van der Waals surface area contributed by atoms with Gasteiger partial charge in [-0.2, -0.15) is 13.2 Å². The van der Waals surface area contributed by atoms with E-state index in [4.69, 9.17) is 9.97 Å². The summed E-state index contributed by atoms with van der Waals surface area (Å²) >= 11 is 0. The number of hydrogen-bond donors (Lipinski definition) is 0. The van der Waals surface area contributed by atoms with E-state index in [1.807, 2.05) is 102 Å². The van der Waals surface area contributed by atoms with Crippen molar-refractivity contribution in [3.8, 4) is 67.8 Å². The van der Waals surface area contributed by atoms with E-state index in [0.29, 0.717) is 22.8 Å². The molecule has 0 saturated heterocycles. The van der Waals surface area contributed by atoms with E-state index in [0.717, 1.165) is 121 Å². The number of alkyl halides is 3. The van der Waals surface area contributed by atoms with E-state index < -0.39 is 11.7 Å². The Morgan fingerprint density at radius 3 is 1.05 bits per heavy atom. The van der Waals surface area contributed by atoms with Gasteiger partial charge >= 0.3 is 6.18 Å². The molecular formula is C77H47F3N6. The van der Waals surface area contributed by atoms with Gasteiger partial charge in [-0.3, -0.25) is 0 Å². The molecule has 17 aromatic rings. The lowest BCUT2D eigenvalue weighted by molar-refractivity contribution is -0.137. The number of halogens is 3. The highest BCUT2D eigenvalue weighted by Crippen LogP contribution is 2.46. The molecule has 0 saturated carbocycles. The SMILES string of the molecule is FC(F)(F)c1ccc(-c2ccc(-c3cc(-c4ccccc4)nc(-c4ccccc4)n3)cc2-n2c3ccccc3c3cc(-n4c5ccccc5c5ccccc54)ccc32)c(-n2c3ccccc3c3cc(-n4c5ccccc5c5ccccc54)ccc32)c1. The number of nitrogens with zero attached hydrogens (tertiary/aromatic N) is 6. The highest BCUT2D eigenvalue weighted by Gasteiger charge is 2.33. The molecule has 12 aromatic carbocycles. The van der Waals surface area contributed by atoms with Crippen molar-refractivity contribution in [3.05, 3.63) is 291 Å². The third kappa shape index (κ3) is 7.68. The van der Waals surface area contributed by atoms with Crippen molar-refractivity contribution in [2.75, 3.05) is 0 Å². The Labute approximate surface area is 490 Å². The van der Waals surface area contributed by atoms with Crippen LogP contribution >= 0.6 is 0 Å². The van der Waals surface area contributed by atoms with Crippen LogP contribution in [0.2, 0.25) is 0 Å². The minimum absolute atomic E-state index is 0.388. The average molecular weight is 1110 g/mol. The summed E-state index contributed by atoms with van der Waals surface area (Å²) in [6.45, 7) is 0. The van der Waals surface area contributed by atoms with Gasteiger partial charge in [0.05, 0.1) is 72.5 Å². The van der Waals surface area contributed by atoms with Gasteiger partial charge in [0.15, 0.2) is 5.82 Å². The Kier molecular flexibility index (Phi) is 11.0. The first-order valence-corrected chi connectivity index (χ1v) is 28.7. The summed E-state index contributed by atoms with van der Waals surface area (Å²) in [4.78, 5) is 10.4.